The number of alkyl halides is 3. The summed E-state index contributed by atoms with van der Waals surface area (Å²) in [6.07, 6.45) is -1.47. The fourth-order valence-electron chi connectivity index (χ4n) is 1.69. The predicted octanol–water partition coefficient (Wildman–Crippen LogP) is 3.07. The lowest BCUT2D eigenvalue weighted by molar-refractivity contribution is -0.149. The van der Waals surface area contributed by atoms with Crippen LogP contribution in [0, 0.1) is 0 Å². The third-order valence-corrected chi connectivity index (χ3v) is 4.14. The van der Waals surface area contributed by atoms with Crippen molar-refractivity contribution in [3.05, 3.63) is 34.9 Å². The molecule has 0 heterocycles. The molecule has 1 unspecified atom stereocenters. The van der Waals surface area contributed by atoms with Gasteiger partial charge in [-0.3, -0.25) is 0 Å². The molecule has 1 atom stereocenters. The summed E-state index contributed by atoms with van der Waals surface area (Å²) < 4.78 is 67.1. The second kappa shape index (κ2) is 7.98. The maximum absolute atomic E-state index is 12.3. The summed E-state index contributed by atoms with van der Waals surface area (Å²) >= 11 is 5.72. The summed E-state index contributed by atoms with van der Waals surface area (Å²) in [7, 11) is -4.94. The molecule has 0 aliphatic heterocycles. The van der Waals surface area contributed by atoms with Crippen molar-refractivity contribution in [2.45, 2.75) is 30.9 Å². The number of rotatable bonds is 7. The van der Waals surface area contributed by atoms with Crippen molar-refractivity contribution in [1.82, 2.24) is 0 Å². The third-order valence-electron chi connectivity index (χ3n) is 2.84. The zero-order chi connectivity index (χ0) is 17.7. The highest BCUT2D eigenvalue weighted by Crippen LogP contribution is 2.27. The smallest absolute Gasteiger partial charge is 0.467 e. The molecule has 1 aromatic rings. The topological polar surface area (TPSA) is 69.7 Å². The minimum Gasteiger partial charge on any atom is -0.467 e. The Bertz CT molecular complexity index is 628. The van der Waals surface area contributed by atoms with Gasteiger partial charge in [0, 0.05) is 5.02 Å². The van der Waals surface area contributed by atoms with Gasteiger partial charge in [-0.2, -0.15) is 21.6 Å². The first-order chi connectivity index (χ1) is 10.6. The van der Waals surface area contributed by atoms with Crippen LogP contribution in [0.5, 0.6) is 0 Å². The van der Waals surface area contributed by atoms with Crippen LogP contribution in [-0.2, 0) is 30.3 Å². The summed E-state index contributed by atoms with van der Waals surface area (Å²) in [5, 5.41) is 0.529. The van der Waals surface area contributed by atoms with Gasteiger partial charge in [-0.1, -0.05) is 23.7 Å². The number of aryl methyl sites for hydroxylation is 1. The molecule has 23 heavy (non-hydrogen) atoms. The number of carbonyl (C=O) groups is 1. The Morgan fingerprint density at radius 3 is 2.30 bits per heavy atom. The van der Waals surface area contributed by atoms with E-state index in [1.165, 1.54) is 0 Å². The average Bonchev–Trinajstić information content (AvgIpc) is 2.46. The van der Waals surface area contributed by atoms with E-state index in [1.807, 2.05) is 0 Å². The molecule has 0 amide bonds. The Morgan fingerprint density at radius 2 is 1.83 bits per heavy atom. The first kappa shape index (κ1) is 19.7. The summed E-state index contributed by atoms with van der Waals surface area (Å²) in [6, 6.07) is 6.70. The normalized spacial score (nSPS) is 13.6. The Kier molecular flexibility index (Phi) is 6.84. The van der Waals surface area contributed by atoms with Gasteiger partial charge in [0.05, 0.1) is 7.11 Å². The zero-order valence-corrected chi connectivity index (χ0v) is 13.5. The second-order valence-corrected chi connectivity index (χ2v) is 6.53. The van der Waals surface area contributed by atoms with Gasteiger partial charge in [-0.15, -0.1) is 0 Å². The number of hydrogen-bond donors (Lipinski definition) is 0. The molecule has 0 saturated heterocycles. The van der Waals surface area contributed by atoms with Crippen molar-refractivity contribution in [3.63, 3.8) is 0 Å². The number of esters is 1. The number of hydrogen-bond acceptors (Lipinski definition) is 5. The van der Waals surface area contributed by atoms with E-state index in [9.17, 15) is 26.4 Å². The molecule has 0 N–H and O–H groups in total. The first-order valence-electron chi connectivity index (χ1n) is 6.38. The van der Waals surface area contributed by atoms with E-state index in [1.54, 1.807) is 24.3 Å². The standard InChI is InChI=1S/C13H14ClF3O5S/c1-21-12(18)11(22-23(19,20)13(15,16)17)4-2-3-9-5-7-10(14)8-6-9/h5-8,11H,2-4H2,1H3. The van der Waals surface area contributed by atoms with E-state index in [-0.39, 0.29) is 12.8 Å². The Balaban J connectivity index is 2.69. The van der Waals surface area contributed by atoms with Gasteiger partial charge in [-0.05, 0) is 37.0 Å². The minimum absolute atomic E-state index is 0.217. The molecule has 0 fully saturated rings. The maximum atomic E-state index is 12.3. The number of ether oxygens (including phenoxy) is 1. The summed E-state index contributed by atoms with van der Waals surface area (Å²) in [5.74, 6) is -1.19. The lowest BCUT2D eigenvalue weighted by Gasteiger charge is -2.16. The van der Waals surface area contributed by atoms with Crippen LogP contribution >= 0.6 is 11.6 Å². The molecular formula is C13H14ClF3O5S. The van der Waals surface area contributed by atoms with Crippen LogP contribution in [0.15, 0.2) is 24.3 Å². The van der Waals surface area contributed by atoms with Crippen LogP contribution < -0.4 is 0 Å². The highest BCUT2D eigenvalue weighted by Gasteiger charge is 2.49. The van der Waals surface area contributed by atoms with E-state index in [2.05, 4.69) is 8.92 Å². The van der Waals surface area contributed by atoms with E-state index in [4.69, 9.17) is 11.6 Å². The molecule has 0 aromatic heterocycles. The van der Waals surface area contributed by atoms with Crippen molar-refractivity contribution in [2.75, 3.05) is 7.11 Å². The fourth-order valence-corrected chi connectivity index (χ4v) is 2.40. The average molecular weight is 375 g/mol. The first-order valence-corrected chi connectivity index (χ1v) is 8.17. The van der Waals surface area contributed by atoms with Crippen LogP contribution in [0.3, 0.4) is 0 Å². The lowest BCUT2D eigenvalue weighted by Crippen LogP contribution is -2.34. The molecule has 0 spiro atoms. The molecule has 130 valence electrons. The molecule has 1 aromatic carbocycles. The number of methoxy groups -OCH3 is 1. The minimum atomic E-state index is -5.87. The Hall–Kier alpha value is -1.32. The van der Waals surface area contributed by atoms with Gasteiger partial charge in [0.25, 0.3) is 0 Å². The van der Waals surface area contributed by atoms with E-state index < -0.39 is 27.7 Å². The van der Waals surface area contributed by atoms with Crippen LogP contribution in [0.1, 0.15) is 18.4 Å². The number of benzene rings is 1. The van der Waals surface area contributed by atoms with Gasteiger partial charge < -0.3 is 4.74 Å². The Morgan fingerprint density at radius 1 is 1.26 bits per heavy atom. The van der Waals surface area contributed by atoms with Gasteiger partial charge in [-0.25, -0.2) is 8.98 Å². The Labute approximate surface area is 136 Å². The van der Waals surface area contributed by atoms with Gasteiger partial charge in [0.2, 0.25) is 0 Å². The maximum Gasteiger partial charge on any atom is 0.523 e. The molecule has 1 rings (SSSR count). The largest absolute Gasteiger partial charge is 0.523 e. The van der Waals surface area contributed by atoms with Gasteiger partial charge in [0.15, 0.2) is 6.10 Å². The summed E-state index contributed by atoms with van der Waals surface area (Å²) in [6.45, 7) is 0. The van der Waals surface area contributed by atoms with Crippen LogP contribution in [-0.4, -0.2) is 33.1 Å². The summed E-state index contributed by atoms with van der Waals surface area (Å²) in [4.78, 5) is 11.4. The van der Waals surface area contributed by atoms with E-state index in [0.717, 1.165) is 12.7 Å². The van der Waals surface area contributed by atoms with Crippen LogP contribution in [0.25, 0.3) is 0 Å². The molecule has 10 heteroatoms. The highest BCUT2D eigenvalue weighted by atomic mass is 35.5. The fraction of sp³-hybridized carbons (Fsp3) is 0.462. The van der Waals surface area contributed by atoms with Crippen LogP contribution in [0.2, 0.25) is 5.02 Å². The van der Waals surface area contributed by atoms with Crippen molar-refractivity contribution in [1.29, 1.82) is 0 Å². The quantitative estimate of drug-likeness (QED) is 0.417. The molecular weight excluding hydrogens is 361 g/mol. The van der Waals surface area contributed by atoms with Crippen molar-refractivity contribution in [3.8, 4) is 0 Å². The van der Waals surface area contributed by atoms with E-state index >= 15 is 0 Å². The molecule has 0 aliphatic carbocycles. The molecule has 5 nitrogen and oxygen atoms in total. The van der Waals surface area contributed by atoms with Gasteiger partial charge in [0.1, 0.15) is 0 Å². The van der Waals surface area contributed by atoms with Crippen molar-refractivity contribution < 1.29 is 35.3 Å². The number of carbonyl (C=O) groups excluding carboxylic acids is 1. The van der Waals surface area contributed by atoms with Crippen LogP contribution in [0.4, 0.5) is 13.2 Å². The third kappa shape index (κ3) is 6.00. The molecule has 0 aliphatic rings. The number of halogens is 4. The van der Waals surface area contributed by atoms with Crippen molar-refractivity contribution in [2.24, 2.45) is 0 Å². The lowest BCUT2D eigenvalue weighted by atomic mass is 10.1. The monoisotopic (exact) mass is 374 g/mol. The molecule has 0 radical (unpaired) electrons. The predicted molar refractivity (Wildman–Crippen MR) is 76.3 cm³/mol. The second-order valence-electron chi connectivity index (χ2n) is 4.53. The molecule has 0 saturated carbocycles. The van der Waals surface area contributed by atoms with Crippen molar-refractivity contribution >= 4 is 27.7 Å². The SMILES string of the molecule is COC(=O)C(CCCc1ccc(Cl)cc1)OS(=O)(=O)C(F)(F)F. The van der Waals surface area contributed by atoms with E-state index in [0.29, 0.717) is 11.4 Å². The molecule has 0 bridgehead atoms. The van der Waals surface area contributed by atoms with Gasteiger partial charge >= 0.3 is 21.6 Å². The summed E-state index contributed by atoms with van der Waals surface area (Å²) in [5.41, 5.74) is -4.77. The zero-order valence-electron chi connectivity index (χ0n) is 12.0. The highest BCUT2D eigenvalue weighted by molar-refractivity contribution is 7.87.